The van der Waals surface area contributed by atoms with Gasteiger partial charge in [0.15, 0.2) is 0 Å². The molecule has 0 aromatic heterocycles. The predicted molar refractivity (Wildman–Crippen MR) is 69.5 cm³/mol. The molecule has 1 fully saturated rings. The van der Waals surface area contributed by atoms with Gasteiger partial charge in [0.2, 0.25) is 11.8 Å². The molecule has 1 atom stereocenters. The quantitative estimate of drug-likeness (QED) is 0.740. The van der Waals surface area contributed by atoms with Crippen molar-refractivity contribution in [3.8, 4) is 0 Å². The summed E-state index contributed by atoms with van der Waals surface area (Å²) in [7, 11) is 0. The number of likely N-dealkylation sites (tertiary alicyclic amines) is 1. The van der Waals surface area contributed by atoms with Crippen LogP contribution in [0, 0.1) is 5.92 Å². The number of amides is 2. The molecule has 6 heteroatoms. The molecule has 1 heterocycles. The highest BCUT2D eigenvalue weighted by Gasteiger charge is 2.33. The Hall–Kier alpha value is -1.59. The molecule has 2 N–H and O–H groups in total. The number of rotatable bonds is 6. The number of hydrogen-bond donors (Lipinski definition) is 2. The summed E-state index contributed by atoms with van der Waals surface area (Å²) in [6.45, 7) is 4.67. The number of aliphatic carboxylic acids is 1. The first-order valence-electron chi connectivity index (χ1n) is 6.70. The molecular formula is C13H22N2O4. The van der Waals surface area contributed by atoms with E-state index in [2.05, 4.69) is 5.32 Å². The van der Waals surface area contributed by atoms with E-state index in [1.165, 1.54) is 4.90 Å². The van der Waals surface area contributed by atoms with E-state index < -0.39 is 12.0 Å². The van der Waals surface area contributed by atoms with Gasteiger partial charge in [0.1, 0.15) is 6.04 Å². The molecule has 0 spiro atoms. The third kappa shape index (κ3) is 4.89. The van der Waals surface area contributed by atoms with E-state index in [0.717, 1.165) is 6.42 Å². The Morgan fingerprint density at radius 3 is 2.63 bits per heavy atom. The van der Waals surface area contributed by atoms with Gasteiger partial charge in [-0.15, -0.1) is 0 Å². The first-order chi connectivity index (χ1) is 8.91. The molecule has 1 aliphatic heterocycles. The second kappa shape index (κ2) is 7.11. The Morgan fingerprint density at radius 2 is 2.05 bits per heavy atom. The molecule has 6 nitrogen and oxygen atoms in total. The van der Waals surface area contributed by atoms with Crippen LogP contribution < -0.4 is 5.32 Å². The SMILES string of the molecule is CC(C)CC(=O)NCCC(=O)N1CCCC1C(=O)O. The molecule has 0 aromatic rings. The summed E-state index contributed by atoms with van der Waals surface area (Å²) in [5.41, 5.74) is 0. The standard InChI is InChI=1S/C13H22N2O4/c1-9(2)8-11(16)14-6-5-12(17)15-7-3-4-10(15)13(18)19/h9-10H,3-8H2,1-2H3,(H,14,16)(H,18,19). The first kappa shape index (κ1) is 15.5. The fraction of sp³-hybridized carbons (Fsp3) is 0.769. The van der Waals surface area contributed by atoms with Crippen molar-refractivity contribution in [2.45, 2.75) is 45.6 Å². The maximum Gasteiger partial charge on any atom is 0.326 e. The summed E-state index contributed by atoms with van der Waals surface area (Å²) in [4.78, 5) is 35.6. The van der Waals surface area contributed by atoms with Gasteiger partial charge in [-0.05, 0) is 18.8 Å². The Bertz CT molecular complexity index is 355. The van der Waals surface area contributed by atoms with Crippen LogP contribution in [-0.4, -0.2) is 46.9 Å². The average molecular weight is 270 g/mol. The van der Waals surface area contributed by atoms with Gasteiger partial charge in [0, 0.05) is 25.9 Å². The number of nitrogens with one attached hydrogen (secondary N) is 1. The van der Waals surface area contributed by atoms with Crippen molar-refractivity contribution >= 4 is 17.8 Å². The van der Waals surface area contributed by atoms with Gasteiger partial charge >= 0.3 is 5.97 Å². The molecule has 2 amide bonds. The molecule has 0 aromatic carbocycles. The highest BCUT2D eigenvalue weighted by atomic mass is 16.4. The number of hydrogen-bond acceptors (Lipinski definition) is 3. The van der Waals surface area contributed by atoms with E-state index in [4.69, 9.17) is 5.11 Å². The van der Waals surface area contributed by atoms with Crippen molar-refractivity contribution in [2.24, 2.45) is 5.92 Å². The minimum Gasteiger partial charge on any atom is -0.480 e. The van der Waals surface area contributed by atoms with Crippen LogP contribution in [0.2, 0.25) is 0 Å². The number of carbonyl (C=O) groups excluding carboxylic acids is 2. The van der Waals surface area contributed by atoms with Crippen LogP contribution >= 0.6 is 0 Å². The Labute approximate surface area is 113 Å². The van der Waals surface area contributed by atoms with E-state index in [-0.39, 0.29) is 30.7 Å². The first-order valence-corrected chi connectivity index (χ1v) is 6.70. The predicted octanol–water partition coefficient (Wildman–Crippen LogP) is 0.614. The van der Waals surface area contributed by atoms with Gasteiger partial charge in [0.25, 0.3) is 0 Å². The zero-order valence-electron chi connectivity index (χ0n) is 11.5. The molecule has 108 valence electrons. The van der Waals surface area contributed by atoms with E-state index in [1.807, 2.05) is 13.8 Å². The summed E-state index contributed by atoms with van der Waals surface area (Å²) in [5, 5.41) is 11.7. The van der Waals surface area contributed by atoms with Crippen LogP contribution in [0.3, 0.4) is 0 Å². The van der Waals surface area contributed by atoms with Gasteiger partial charge in [-0.2, -0.15) is 0 Å². The lowest BCUT2D eigenvalue weighted by molar-refractivity contribution is -0.148. The summed E-state index contributed by atoms with van der Waals surface area (Å²) >= 11 is 0. The molecule has 0 bridgehead atoms. The molecule has 0 saturated carbocycles. The van der Waals surface area contributed by atoms with Gasteiger partial charge in [-0.1, -0.05) is 13.8 Å². The summed E-state index contributed by atoms with van der Waals surface area (Å²) < 4.78 is 0. The number of carboxylic acid groups (broad SMARTS) is 1. The second-order valence-corrected chi connectivity index (χ2v) is 5.28. The van der Waals surface area contributed by atoms with Crippen LogP contribution in [0.1, 0.15) is 39.5 Å². The third-order valence-corrected chi connectivity index (χ3v) is 3.11. The van der Waals surface area contributed by atoms with E-state index >= 15 is 0 Å². The van der Waals surface area contributed by atoms with Crippen LogP contribution in [0.4, 0.5) is 0 Å². The molecule has 1 saturated heterocycles. The van der Waals surface area contributed by atoms with Crippen molar-refractivity contribution in [2.75, 3.05) is 13.1 Å². The highest BCUT2D eigenvalue weighted by Crippen LogP contribution is 2.18. The summed E-state index contributed by atoms with van der Waals surface area (Å²) in [5.74, 6) is -0.936. The van der Waals surface area contributed by atoms with Gasteiger partial charge in [-0.3, -0.25) is 9.59 Å². The van der Waals surface area contributed by atoms with Crippen LogP contribution in [0.15, 0.2) is 0 Å². The number of carbonyl (C=O) groups is 3. The Balaban J connectivity index is 2.31. The molecule has 1 aliphatic rings. The second-order valence-electron chi connectivity index (χ2n) is 5.28. The molecule has 0 radical (unpaired) electrons. The van der Waals surface area contributed by atoms with Crippen LogP contribution in [0.25, 0.3) is 0 Å². The molecule has 0 aliphatic carbocycles. The highest BCUT2D eigenvalue weighted by molar-refractivity contribution is 5.84. The number of nitrogens with zero attached hydrogens (tertiary/aromatic N) is 1. The monoisotopic (exact) mass is 270 g/mol. The lowest BCUT2D eigenvalue weighted by Crippen LogP contribution is -2.41. The van der Waals surface area contributed by atoms with Crippen LogP contribution in [-0.2, 0) is 14.4 Å². The maximum absolute atomic E-state index is 11.9. The minimum atomic E-state index is -0.949. The zero-order valence-corrected chi connectivity index (χ0v) is 11.5. The van der Waals surface area contributed by atoms with Crippen molar-refractivity contribution in [3.05, 3.63) is 0 Å². The largest absolute Gasteiger partial charge is 0.480 e. The van der Waals surface area contributed by atoms with E-state index in [1.54, 1.807) is 0 Å². The van der Waals surface area contributed by atoms with E-state index in [0.29, 0.717) is 19.4 Å². The fourth-order valence-corrected chi connectivity index (χ4v) is 2.22. The summed E-state index contributed by atoms with van der Waals surface area (Å²) in [6, 6.07) is -0.695. The maximum atomic E-state index is 11.9. The topological polar surface area (TPSA) is 86.7 Å². The lowest BCUT2D eigenvalue weighted by Gasteiger charge is -2.21. The number of carboxylic acids is 1. The van der Waals surface area contributed by atoms with Gasteiger partial charge < -0.3 is 15.3 Å². The fourth-order valence-electron chi connectivity index (χ4n) is 2.22. The molecule has 19 heavy (non-hydrogen) atoms. The summed E-state index contributed by atoms with van der Waals surface area (Å²) in [6.07, 6.45) is 1.84. The van der Waals surface area contributed by atoms with Crippen molar-refractivity contribution in [1.29, 1.82) is 0 Å². The Morgan fingerprint density at radius 1 is 1.37 bits per heavy atom. The minimum absolute atomic E-state index is 0.0704. The van der Waals surface area contributed by atoms with Crippen molar-refractivity contribution < 1.29 is 19.5 Å². The lowest BCUT2D eigenvalue weighted by atomic mass is 10.1. The third-order valence-electron chi connectivity index (χ3n) is 3.11. The van der Waals surface area contributed by atoms with Crippen molar-refractivity contribution in [3.63, 3.8) is 0 Å². The molecular weight excluding hydrogens is 248 g/mol. The van der Waals surface area contributed by atoms with Crippen LogP contribution in [0.5, 0.6) is 0 Å². The Kier molecular flexibility index (Phi) is 5.79. The van der Waals surface area contributed by atoms with Crippen molar-refractivity contribution in [1.82, 2.24) is 10.2 Å². The van der Waals surface area contributed by atoms with Gasteiger partial charge in [-0.25, -0.2) is 4.79 Å². The van der Waals surface area contributed by atoms with Gasteiger partial charge in [0.05, 0.1) is 0 Å². The van der Waals surface area contributed by atoms with E-state index in [9.17, 15) is 14.4 Å². The normalized spacial score (nSPS) is 18.7. The average Bonchev–Trinajstić information content (AvgIpc) is 2.76. The zero-order chi connectivity index (χ0) is 14.4. The molecule has 1 rings (SSSR count). The smallest absolute Gasteiger partial charge is 0.326 e. The molecule has 1 unspecified atom stereocenters.